The Morgan fingerprint density at radius 3 is 2.62 bits per heavy atom. The van der Waals surface area contributed by atoms with Gasteiger partial charge in [0.1, 0.15) is 5.82 Å². The number of carbonyl (C=O) groups is 2. The van der Waals surface area contributed by atoms with Crippen molar-refractivity contribution in [1.29, 1.82) is 0 Å². The van der Waals surface area contributed by atoms with Crippen LogP contribution < -0.4 is 0 Å². The Morgan fingerprint density at radius 2 is 2.15 bits per heavy atom. The van der Waals surface area contributed by atoms with Crippen LogP contribution in [0.25, 0.3) is 0 Å². The number of carboxylic acids is 1. The molecule has 0 aliphatic carbocycles. The lowest BCUT2D eigenvalue weighted by atomic mass is 10.0. The molecule has 13 heavy (non-hydrogen) atoms. The van der Waals surface area contributed by atoms with Crippen LogP contribution in [0.15, 0.2) is 12.1 Å². The molecule has 0 unspecified atom stereocenters. The highest BCUT2D eigenvalue weighted by Crippen LogP contribution is 2.15. The van der Waals surface area contributed by atoms with E-state index in [4.69, 9.17) is 5.11 Å². The molecule has 0 aromatic heterocycles. The van der Waals surface area contributed by atoms with Crippen LogP contribution >= 0.6 is 0 Å². The third kappa shape index (κ3) is 1.56. The summed E-state index contributed by atoms with van der Waals surface area (Å²) in [7, 11) is 0. The summed E-state index contributed by atoms with van der Waals surface area (Å²) in [5.41, 5.74) is -0.261. The third-order valence-electron chi connectivity index (χ3n) is 1.77. The molecule has 0 bridgehead atoms. The van der Waals surface area contributed by atoms with E-state index >= 15 is 0 Å². The van der Waals surface area contributed by atoms with Crippen molar-refractivity contribution in [3.63, 3.8) is 0 Å². The SMILES string of the molecule is Cc1c(C(=O)O)ccc(C=O)c1F. The van der Waals surface area contributed by atoms with E-state index < -0.39 is 11.8 Å². The molecule has 0 fully saturated rings. The first-order chi connectivity index (χ1) is 6.07. The molecule has 0 radical (unpaired) electrons. The number of carbonyl (C=O) groups excluding carboxylic acids is 1. The number of benzene rings is 1. The van der Waals surface area contributed by atoms with Gasteiger partial charge in [-0.05, 0) is 24.6 Å². The zero-order valence-electron chi connectivity index (χ0n) is 6.87. The van der Waals surface area contributed by atoms with E-state index in [1.165, 1.54) is 13.0 Å². The maximum absolute atomic E-state index is 13.1. The lowest BCUT2D eigenvalue weighted by molar-refractivity contribution is 0.0695. The second kappa shape index (κ2) is 3.35. The number of carboxylic acid groups (broad SMARTS) is 1. The van der Waals surface area contributed by atoms with Crippen molar-refractivity contribution in [2.45, 2.75) is 6.92 Å². The van der Waals surface area contributed by atoms with Crippen LogP contribution in [0.3, 0.4) is 0 Å². The maximum atomic E-state index is 13.1. The number of halogens is 1. The zero-order valence-corrected chi connectivity index (χ0v) is 6.87. The van der Waals surface area contributed by atoms with Gasteiger partial charge in [0.15, 0.2) is 6.29 Å². The minimum Gasteiger partial charge on any atom is -0.478 e. The zero-order chi connectivity index (χ0) is 10.0. The van der Waals surface area contributed by atoms with Crippen LogP contribution in [-0.2, 0) is 0 Å². The molecule has 1 rings (SSSR count). The highest BCUT2D eigenvalue weighted by Gasteiger charge is 2.13. The predicted octanol–water partition coefficient (Wildman–Crippen LogP) is 1.64. The molecule has 68 valence electrons. The number of hydrogen-bond donors (Lipinski definition) is 1. The van der Waals surface area contributed by atoms with Gasteiger partial charge in [-0.3, -0.25) is 4.79 Å². The summed E-state index contributed by atoms with van der Waals surface area (Å²) in [6.07, 6.45) is 0.355. The standard InChI is InChI=1S/C9H7FO3/c1-5-7(9(12)13)3-2-6(4-11)8(5)10/h2-4H,1H3,(H,12,13). The Bertz CT molecular complexity index is 371. The molecule has 4 heteroatoms. The summed E-state index contributed by atoms with van der Waals surface area (Å²) in [5.74, 6) is -1.97. The van der Waals surface area contributed by atoms with Crippen molar-refractivity contribution in [1.82, 2.24) is 0 Å². The van der Waals surface area contributed by atoms with E-state index in [0.717, 1.165) is 6.07 Å². The topological polar surface area (TPSA) is 54.4 Å². The molecule has 0 heterocycles. The molecule has 3 nitrogen and oxygen atoms in total. The van der Waals surface area contributed by atoms with Gasteiger partial charge in [-0.1, -0.05) is 0 Å². The smallest absolute Gasteiger partial charge is 0.336 e. The van der Waals surface area contributed by atoms with Crippen molar-refractivity contribution >= 4 is 12.3 Å². The highest BCUT2D eigenvalue weighted by molar-refractivity contribution is 5.90. The van der Waals surface area contributed by atoms with E-state index in [1.807, 2.05) is 0 Å². The molecule has 1 N–H and O–H groups in total. The first-order valence-corrected chi connectivity index (χ1v) is 3.55. The van der Waals surface area contributed by atoms with Crippen LogP contribution in [0.2, 0.25) is 0 Å². The molecule has 0 saturated heterocycles. The quantitative estimate of drug-likeness (QED) is 0.707. The molecule has 0 aliphatic heterocycles. The third-order valence-corrected chi connectivity index (χ3v) is 1.77. The van der Waals surface area contributed by atoms with Gasteiger partial charge in [0.25, 0.3) is 0 Å². The largest absolute Gasteiger partial charge is 0.478 e. The van der Waals surface area contributed by atoms with Crippen molar-refractivity contribution in [3.05, 3.63) is 34.6 Å². The minimum atomic E-state index is -1.20. The number of aromatic carboxylic acids is 1. The second-order valence-electron chi connectivity index (χ2n) is 2.56. The first-order valence-electron chi connectivity index (χ1n) is 3.55. The Balaban J connectivity index is 3.39. The van der Waals surface area contributed by atoms with Crippen LogP contribution in [0.4, 0.5) is 4.39 Å². The second-order valence-corrected chi connectivity index (χ2v) is 2.56. The normalized spacial score (nSPS) is 9.69. The lowest BCUT2D eigenvalue weighted by Crippen LogP contribution is -2.03. The average Bonchev–Trinajstić information content (AvgIpc) is 2.09. The number of rotatable bonds is 2. The molecule has 0 atom stereocenters. The Morgan fingerprint density at radius 1 is 1.54 bits per heavy atom. The van der Waals surface area contributed by atoms with Gasteiger partial charge in [0, 0.05) is 0 Å². The van der Waals surface area contributed by atoms with Crippen LogP contribution in [0.1, 0.15) is 26.3 Å². The summed E-state index contributed by atoms with van der Waals surface area (Å²) in [5, 5.41) is 8.60. The fraction of sp³-hybridized carbons (Fsp3) is 0.111. The van der Waals surface area contributed by atoms with Gasteiger partial charge in [0.05, 0.1) is 11.1 Å². The van der Waals surface area contributed by atoms with Crippen LogP contribution in [-0.4, -0.2) is 17.4 Å². The minimum absolute atomic E-state index is 0.0166. The van der Waals surface area contributed by atoms with E-state index in [0.29, 0.717) is 6.29 Å². The van der Waals surface area contributed by atoms with Gasteiger partial charge in [0.2, 0.25) is 0 Å². The van der Waals surface area contributed by atoms with E-state index in [-0.39, 0.29) is 16.7 Å². The van der Waals surface area contributed by atoms with Gasteiger partial charge in [-0.2, -0.15) is 0 Å². The maximum Gasteiger partial charge on any atom is 0.336 e. The summed E-state index contributed by atoms with van der Waals surface area (Å²) in [4.78, 5) is 20.8. The van der Waals surface area contributed by atoms with E-state index in [2.05, 4.69) is 0 Å². The lowest BCUT2D eigenvalue weighted by Gasteiger charge is -2.02. The highest BCUT2D eigenvalue weighted by atomic mass is 19.1. The van der Waals surface area contributed by atoms with Crippen LogP contribution in [0, 0.1) is 12.7 Å². The molecular weight excluding hydrogens is 175 g/mol. The number of hydrogen-bond acceptors (Lipinski definition) is 2. The van der Waals surface area contributed by atoms with Crippen molar-refractivity contribution in [2.24, 2.45) is 0 Å². The van der Waals surface area contributed by atoms with Gasteiger partial charge < -0.3 is 5.11 Å². The fourth-order valence-electron chi connectivity index (χ4n) is 1.03. The molecule has 1 aromatic carbocycles. The Kier molecular flexibility index (Phi) is 2.41. The van der Waals surface area contributed by atoms with Crippen molar-refractivity contribution in [3.8, 4) is 0 Å². The average molecular weight is 182 g/mol. The van der Waals surface area contributed by atoms with E-state index in [1.54, 1.807) is 0 Å². The fourth-order valence-corrected chi connectivity index (χ4v) is 1.03. The predicted molar refractivity (Wildman–Crippen MR) is 43.5 cm³/mol. The summed E-state index contributed by atoms with van der Waals surface area (Å²) in [6, 6.07) is 2.36. The molecule has 0 spiro atoms. The van der Waals surface area contributed by atoms with E-state index in [9.17, 15) is 14.0 Å². The molecular formula is C9H7FO3. The molecule has 0 amide bonds. The summed E-state index contributed by atoms with van der Waals surface area (Å²) in [6.45, 7) is 1.33. The number of aldehydes is 1. The van der Waals surface area contributed by atoms with Crippen LogP contribution in [0.5, 0.6) is 0 Å². The van der Waals surface area contributed by atoms with Gasteiger partial charge in [-0.15, -0.1) is 0 Å². The van der Waals surface area contributed by atoms with Crippen molar-refractivity contribution in [2.75, 3.05) is 0 Å². The monoisotopic (exact) mass is 182 g/mol. The first kappa shape index (κ1) is 9.38. The molecule has 1 aromatic rings. The molecule has 0 saturated carbocycles. The Hall–Kier alpha value is -1.71. The summed E-state index contributed by atoms with van der Waals surface area (Å²) < 4.78 is 13.1. The summed E-state index contributed by atoms with van der Waals surface area (Å²) >= 11 is 0. The Labute approximate surface area is 73.8 Å². The van der Waals surface area contributed by atoms with Crippen molar-refractivity contribution < 1.29 is 19.1 Å². The molecule has 0 aliphatic rings. The van der Waals surface area contributed by atoms with Gasteiger partial charge >= 0.3 is 5.97 Å². The van der Waals surface area contributed by atoms with Gasteiger partial charge in [-0.25, -0.2) is 9.18 Å².